The smallest absolute Gasteiger partial charge is 0.265 e. The Morgan fingerprint density at radius 1 is 1.15 bits per heavy atom. The molecule has 0 bridgehead atoms. The van der Waals surface area contributed by atoms with E-state index in [-0.39, 0.29) is 16.6 Å². The number of benzene rings is 2. The van der Waals surface area contributed by atoms with Gasteiger partial charge in [0, 0.05) is 35.8 Å². The number of hydrazine groups is 1. The van der Waals surface area contributed by atoms with Crippen LogP contribution < -0.4 is 5.43 Å². The lowest BCUT2D eigenvalue weighted by molar-refractivity contribution is 0.0718. The van der Waals surface area contributed by atoms with Gasteiger partial charge in [0.05, 0.1) is 4.87 Å². The van der Waals surface area contributed by atoms with Gasteiger partial charge in [-0.15, -0.1) is 11.6 Å². The predicted octanol–water partition coefficient (Wildman–Crippen LogP) is 4.27. The van der Waals surface area contributed by atoms with Crippen molar-refractivity contribution in [2.75, 3.05) is 13.1 Å². The number of hydrogen-bond acceptors (Lipinski definition) is 2. The van der Waals surface area contributed by atoms with Crippen molar-refractivity contribution in [3.8, 4) is 0 Å². The first-order valence-corrected chi connectivity index (χ1v) is 9.45. The molecule has 3 aromatic rings. The largest absolute Gasteiger partial charge is 0.361 e. The molecule has 1 aromatic heterocycles. The molecule has 2 N–H and O–H groups in total. The number of piperidine rings is 1. The SMILES string of the molecule is O=C(NN1CCC(Cl)(Cc2ccc(F)cc2)CC1)c1ccc2[nH]ccc2c1. The van der Waals surface area contributed by atoms with Crippen LogP contribution in [0.25, 0.3) is 10.9 Å². The summed E-state index contributed by atoms with van der Waals surface area (Å²) in [7, 11) is 0. The molecule has 27 heavy (non-hydrogen) atoms. The molecule has 1 aliphatic heterocycles. The van der Waals surface area contributed by atoms with Crippen molar-refractivity contribution in [2.24, 2.45) is 0 Å². The summed E-state index contributed by atoms with van der Waals surface area (Å²) in [6.45, 7) is 1.37. The molecule has 2 heterocycles. The van der Waals surface area contributed by atoms with E-state index in [9.17, 15) is 9.18 Å². The van der Waals surface area contributed by atoms with Crippen LogP contribution >= 0.6 is 11.6 Å². The Balaban J connectivity index is 1.34. The highest BCUT2D eigenvalue weighted by Gasteiger charge is 2.33. The number of carbonyl (C=O) groups excluding carboxylic acids is 1. The number of fused-ring (bicyclic) bond motifs is 1. The van der Waals surface area contributed by atoms with Crippen LogP contribution in [0.15, 0.2) is 54.7 Å². The van der Waals surface area contributed by atoms with E-state index >= 15 is 0 Å². The highest BCUT2D eigenvalue weighted by atomic mass is 35.5. The van der Waals surface area contributed by atoms with Gasteiger partial charge in [0.15, 0.2) is 0 Å². The van der Waals surface area contributed by atoms with Crippen molar-refractivity contribution in [1.29, 1.82) is 0 Å². The molecule has 0 aliphatic carbocycles. The minimum Gasteiger partial charge on any atom is -0.361 e. The number of alkyl halides is 1. The van der Waals surface area contributed by atoms with Crippen molar-refractivity contribution in [2.45, 2.75) is 24.1 Å². The van der Waals surface area contributed by atoms with Crippen molar-refractivity contribution in [3.63, 3.8) is 0 Å². The summed E-state index contributed by atoms with van der Waals surface area (Å²) in [4.78, 5) is 15.3. The van der Waals surface area contributed by atoms with Gasteiger partial charge in [-0.3, -0.25) is 10.2 Å². The van der Waals surface area contributed by atoms with Gasteiger partial charge in [0.25, 0.3) is 5.91 Å². The van der Waals surface area contributed by atoms with Crippen molar-refractivity contribution in [1.82, 2.24) is 15.4 Å². The molecule has 2 aromatic carbocycles. The number of halogens is 2. The Morgan fingerprint density at radius 2 is 1.89 bits per heavy atom. The van der Waals surface area contributed by atoms with Crippen LogP contribution in [0.1, 0.15) is 28.8 Å². The number of H-pyrrole nitrogens is 1. The molecule has 0 radical (unpaired) electrons. The minimum absolute atomic E-state index is 0.112. The third-order valence-corrected chi connectivity index (χ3v) is 5.68. The molecule has 1 aliphatic rings. The lowest BCUT2D eigenvalue weighted by Crippen LogP contribution is -2.50. The fraction of sp³-hybridized carbons (Fsp3) is 0.286. The number of amides is 1. The summed E-state index contributed by atoms with van der Waals surface area (Å²) in [6.07, 6.45) is 4.06. The Bertz CT molecular complexity index is 945. The van der Waals surface area contributed by atoms with E-state index in [1.54, 1.807) is 12.1 Å². The number of aromatic nitrogens is 1. The maximum absolute atomic E-state index is 13.1. The molecule has 4 nitrogen and oxygen atoms in total. The molecule has 0 spiro atoms. The van der Waals surface area contributed by atoms with Gasteiger partial charge in [-0.1, -0.05) is 12.1 Å². The first-order valence-electron chi connectivity index (χ1n) is 9.07. The molecule has 1 saturated heterocycles. The zero-order valence-corrected chi connectivity index (χ0v) is 15.6. The third-order valence-electron chi connectivity index (χ3n) is 5.17. The van der Waals surface area contributed by atoms with Gasteiger partial charge >= 0.3 is 0 Å². The van der Waals surface area contributed by atoms with E-state index in [0.717, 1.165) is 29.3 Å². The number of nitrogens with one attached hydrogen (secondary N) is 2. The number of hydrogen-bond donors (Lipinski definition) is 2. The monoisotopic (exact) mass is 385 g/mol. The highest BCUT2D eigenvalue weighted by molar-refractivity contribution is 6.24. The highest BCUT2D eigenvalue weighted by Crippen LogP contribution is 2.32. The summed E-state index contributed by atoms with van der Waals surface area (Å²) < 4.78 is 13.1. The molecular weight excluding hydrogens is 365 g/mol. The van der Waals surface area contributed by atoms with Crippen LogP contribution in [-0.2, 0) is 6.42 Å². The fourth-order valence-electron chi connectivity index (χ4n) is 3.57. The molecular formula is C21H21ClFN3O. The fourth-order valence-corrected chi connectivity index (χ4v) is 3.89. The standard InChI is InChI=1S/C21H21ClFN3O/c22-21(14-15-1-4-18(23)5-2-15)8-11-26(12-9-21)25-20(27)17-3-6-19-16(13-17)7-10-24-19/h1-7,10,13,24H,8-9,11-12,14H2,(H,25,27). The van der Waals surface area contributed by atoms with Crippen LogP contribution in [0.3, 0.4) is 0 Å². The average Bonchev–Trinajstić information content (AvgIpc) is 3.13. The Labute approximate surface area is 162 Å². The van der Waals surface area contributed by atoms with Gasteiger partial charge in [0.1, 0.15) is 5.82 Å². The van der Waals surface area contributed by atoms with Crippen LogP contribution in [0, 0.1) is 5.82 Å². The quantitative estimate of drug-likeness (QED) is 0.659. The summed E-state index contributed by atoms with van der Waals surface area (Å²) in [5, 5.41) is 2.94. The first-order chi connectivity index (χ1) is 13.0. The molecule has 0 atom stereocenters. The van der Waals surface area contributed by atoms with E-state index in [1.165, 1.54) is 12.1 Å². The Morgan fingerprint density at radius 3 is 2.63 bits per heavy atom. The van der Waals surface area contributed by atoms with Gasteiger partial charge in [-0.05, 0) is 61.2 Å². The maximum atomic E-state index is 13.1. The second-order valence-corrected chi connectivity index (χ2v) is 7.96. The second kappa shape index (κ2) is 7.33. The Kier molecular flexibility index (Phi) is 4.89. The summed E-state index contributed by atoms with van der Waals surface area (Å²) >= 11 is 6.78. The van der Waals surface area contributed by atoms with Crippen molar-refractivity contribution >= 4 is 28.4 Å². The summed E-state index contributed by atoms with van der Waals surface area (Å²) in [5.41, 5.74) is 5.65. The van der Waals surface area contributed by atoms with Crippen LogP contribution in [0.5, 0.6) is 0 Å². The number of nitrogens with zero attached hydrogens (tertiary/aromatic N) is 1. The van der Waals surface area contributed by atoms with E-state index in [0.29, 0.717) is 25.1 Å². The normalized spacial score (nSPS) is 17.1. The zero-order valence-electron chi connectivity index (χ0n) is 14.8. The van der Waals surface area contributed by atoms with Crippen LogP contribution in [0.2, 0.25) is 0 Å². The van der Waals surface area contributed by atoms with Gasteiger partial charge in [0.2, 0.25) is 0 Å². The number of carbonyl (C=O) groups is 1. The van der Waals surface area contributed by atoms with E-state index in [1.807, 2.05) is 35.5 Å². The average molecular weight is 386 g/mol. The lowest BCUT2D eigenvalue weighted by atomic mass is 9.89. The predicted molar refractivity (Wildman–Crippen MR) is 105 cm³/mol. The molecule has 1 amide bonds. The van der Waals surface area contributed by atoms with E-state index in [4.69, 9.17) is 11.6 Å². The van der Waals surface area contributed by atoms with Crippen molar-refractivity contribution < 1.29 is 9.18 Å². The minimum atomic E-state index is -0.358. The number of aromatic amines is 1. The summed E-state index contributed by atoms with van der Waals surface area (Å²) in [6, 6.07) is 14.1. The molecule has 0 saturated carbocycles. The zero-order chi connectivity index (χ0) is 18.9. The molecule has 1 fully saturated rings. The van der Waals surface area contributed by atoms with Crippen LogP contribution in [0.4, 0.5) is 4.39 Å². The summed E-state index contributed by atoms with van der Waals surface area (Å²) in [5.74, 6) is -0.351. The maximum Gasteiger partial charge on any atom is 0.265 e. The van der Waals surface area contributed by atoms with Gasteiger partial charge in [-0.25, -0.2) is 9.40 Å². The molecule has 6 heteroatoms. The first kappa shape index (κ1) is 18.0. The third kappa shape index (κ3) is 4.15. The van der Waals surface area contributed by atoms with E-state index < -0.39 is 0 Å². The lowest BCUT2D eigenvalue weighted by Gasteiger charge is -2.37. The van der Waals surface area contributed by atoms with E-state index in [2.05, 4.69) is 10.4 Å². The molecule has 140 valence electrons. The van der Waals surface area contributed by atoms with Crippen molar-refractivity contribution in [3.05, 3.63) is 71.7 Å². The topological polar surface area (TPSA) is 48.1 Å². The Hall–Kier alpha value is -2.37. The van der Waals surface area contributed by atoms with Crippen LogP contribution in [-0.4, -0.2) is 33.9 Å². The molecule has 0 unspecified atom stereocenters. The van der Waals surface area contributed by atoms with Gasteiger partial charge < -0.3 is 4.98 Å². The second-order valence-electron chi connectivity index (χ2n) is 7.16. The number of rotatable bonds is 4. The van der Waals surface area contributed by atoms with Gasteiger partial charge in [-0.2, -0.15) is 0 Å². The molecule has 4 rings (SSSR count).